The zero-order valence-electron chi connectivity index (χ0n) is 10.3. The molecule has 1 aliphatic carbocycles. The number of carbonyl (C=O) groups is 1. The summed E-state index contributed by atoms with van der Waals surface area (Å²) in [6.45, 7) is 3.59. The van der Waals surface area contributed by atoms with Crippen molar-refractivity contribution in [3.05, 3.63) is 0 Å². The summed E-state index contributed by atoms with van der Waals surface area (Å²) in [5.41, 5.74) is 1.53. The first kappa shape index (κ1) is 13.3. The number of rotatable bonds is 4. The Balaban J connectivity index is 2.23. The lowest BCUT2D eigenvalue weighted by atomic mass is 10.1. The van der Waals surface area contributed by atoms with Crippen molar-refractivity contribution in [3.63, 3.8) is 0 Å². The molecular formula is C11H22N2O3. The number of hydrogen-bond donors (Lipinski definition) is 2. The number of aliphatic hydroxyl groups is 1. The molecule has 0 spiro atoms. The Labute approximate surface area is 96.7 Å². The van der Waals surface area contributed by atoms with E-state index in [0.29, 0.717) is 0 Å². The highest BCUT2D eigenvalue weighted by Gasteiger charge is 2.21. The van der Waals surface area contributed by atoms with Crippen molar-refractivity contribution in [2.75, 3.05) is 13.6 Å². The fourth-order valence-electron chi connectivity index (χ4n) is 1.87. The van der Waals surface area contributed by atoms with Crippen molar-refractivity contribution in [2.24, 2.45) is 0 Å². The second-order valence-electron chi connectivity index (χ2n) is 5.10. The fraction of sp³-hybridized carbons (Fsp3) is 0.909. The third-order valence-electron chi connectivity index (χ3n) is 2.59. The molecule has 1 fully saturated rings. The molecule has 1 rings (SSSR count). The lowest BCUT2D eigenvalue weighted by molar-refractivity contribution is -0.0132. The van der Waals surface area contributed by atoms with Gasteiger partial charge in [0.15, 0.2) is 0 Å². The van der Waals surface area contributed by atoms with Gasteiger partial charge in [-0.05, 0) is 26.7 Å². The van der Waals surface area contributed by atoms with Gasteiger partial charge in [-0.25, -0.2) is 10.3 Å². The summed E-state index contributed by atoms with van der Waals surface area (Å²) < 4.78 is 0. The average Bonchev–Trinajstić information content (AvgIpc) is 2.63. The van der Waals surface area contributed by atoms with Crippen molar-refractivity contribution in [3.8, 4) is 0 Å². The molecule has 0 bridgehead atoms. The number of likely N-dealkylation sites (N-methyl/N-ethyl adjacent to an activating group) is 1. The van der Waals surface area contributed by atoms with E-state index in [1.54, 1.807) is 20.9 Å². The second-order valence-corrected chi connectivity index (χ2v) is 5.10. The smallest absolute Gasteiger partial charge is 0.341 e. The van der Waals surface area contributed by atoms with Crippen LogP contribution in [0.15, 0.2) is 0 Å². The minimum absolute atomic E-state index is 0.152. The third kappa shape index (κ3) is 4.81. The van der Waals surface area contributed by atoms with Crippen LogP contribution >= 0.6 is 0 Å². The highest BCUT2D eigenvalue weighted by molar-refractivity contribution is 5.72. The van der Waals surface area contributed by atoms with Gasteiger partial charge in [-0.2, -0.15) is 0 Å². The van der Waals surface area contributed by atoms with Crippen LogP contribution in [0.2, 0.25) is 0 Å². The van der Waals surface area contributed by atoms with Crippen molar-refractivity contribution in [1.82, 2.24) is 10.4 Å². The van der Waals surface area contributed by atoms with E-state index >= 15 is 0 Å². The quantitative estimate of drug-likeness (QED) is 0.715. The zero-order chi connectivity index (χ0) is 12.2. The maximum absolute atomic E-state index is 11.6. The number of carbonyl (C=O) groups excluding carboxylic acids is 1. The largest absolute Gasteiger partial charge is 0.389 e. The molecule has 5 heteroatoms. The molecule has 1 aliphatic rings. The van der Waals surface area contributed by atoms with Crippen LogP contribution in [0.3, 0.4) is 0 Å². The van der Waals surface area contributed by atoms with Crippen molar-refractivity contribution < 1.29 is 14.7 Å². The summed E-state index contributed by atoms with van der Waals surface area (Å²) >= 11 is 0. The van der Waals surface area contributed by atoms with E-state index in [9.17, 15) is 9.90 Å². The zero-order valence-corrected chi connectivity index (χ0v) is 10.3. The lowest BCUT2D eigenvalue weighted by Crippen LogP contribution is -2.45. The van der Waals surface area contributed by atoms with Gasteiger partial charge >= 0.3 is 6.03 Å². The normalized spacial score (nSPS) is 17.5. The van der Waals surface area contributed by atoms with E-state index in [0.717, 1.165) is 12.8 Å². The van der Waals surface area contributed by atoms with Gasteiger partial charge < -0.3 is 10.0 Å². The molecule has 0 radical (unpaired) electrons. The van der Waals surface area contributed by atoms with E-state index in [2.05, 4.69) is 5.48 Å². The molecule has 94 valence electrons. The molecule has 0 aromatic heterocycles. The molecule has 0 aromatic carbocycles. The molecule has 0 saturated heterocycles. The predicted molar refractivity (Wildman–Crippen MR) is 60.8 cm³/mol. The van der Waals surface area contributed by atoms with Crippen LogP contribution in [0.1, 0.15) is 39.5 Å². The van der Waals surface area contributed by atoms with Crippen molar-refractivity contribution in [2.45, 2.75) is 51.2 Å². The maximum Gasteiger partial charge on any atom is 0.341 e. The van der Waals surface area contributed by atoms with Gasteiger partial charge in [0.2, 0.25) is 0 Å². The Bertz CT molecular complexity index is 232. The predicted octanol–water partition coefficient (Wildman–Crippen LogP) is 1.27. The molecule has 0 unspecified atom stereocenters. The minimum Gasteiger partial charge on any atom is -0.389 e. The van der Waals surface area contributed by atoms with Crippen molar-refractivity contribution >= 4 is 6.03 Å². The molecule has 1 saturated carbocycles. The van der Waals surface area contributed by atoms with Gasteiger partial charge in [0.1, 0.15) is 0 Å². The summed E-state index contributed by atoms with van der Waals surface area (Å²) in [5, 5.41) is 9.55. The van der Waals surface area contributed by atoms with Gasteiger partial charge in [-0.3, -0.25) is 4.84 Å². The second kappa shape index (κ2) is 5.50. The van der Waals surface area contributed by atoms with Crippen LogP contribution in [0.5, 0.6) is 0 Å². The third-order valence-corrected chi connectivity index (χ3v) is 2.59. The molecule has 5 nitrogen and oxygen atoms in total. The van der Waals surface area contributed by atoms with Gasteiger partial charge in [0.05, 0.1) is 18.2 Å². The lowest BCUT2D eigenvalue weighted by Gasteiger charge is -2.26. The monoisotopic (exact) mass is 230 g/mol. The first-order valence-corrected chi connectivity index (χ1v) is 5.77. The average molecular weight is 230 g/mol. The van der Waals surface area contributed by atoms with Gasteiger partial charge in [0, 0.05) is 7.05 Å². The molecule has 2 amide bonds. The van der Waals surface area contributed by atoms with Crippen LogP contribution in [-0.2, 0) is 4.84 Å². The van der Waals surface area contributed by atoms with Gasteiger partial charge in [0.25, 0.3) is 0 Å². The summed E-state index contributed by atoms with van der Waals surface area (Å²) in [4.78, 5) is 18.2. The van der Waals surface area contributed by atoms with Crippen LogP contribution in [-0.4, -0.2) is 41.3 Å². The number of urea groups is 1. The Hall–Kier alpha value is -0.810. The van der Waals surface area contributed by atoms with Gasteiger partial charge in [-0.1, -0.05) is 12.8 Å². The van der Waals surface area contributed by atoms with E-state index < -0.39 is 5.60 Å². The van der Waals surface area contributed by atoms with E-state index in [4.69, 9.17) is 4.84 Å². The highest BCUT2D eigenvalue weighted by Crippen LogP contribution is 2.19. The number of nitrogens with one attached hydrogen (secondary N) is 1. The number of nitrogens with zero attached hydrogens (tertiary/aromatic N) is 1. The van der Waals surface area contributed by atoms with E-state index in [1.165, 1.54) is 17.7 Å². The molecule has 0 heterocycles. The van der Waals surface area contributed by atoms with Crippen molar-refractivity contribution in [1.29, 1.82) is 0 Å². The standard InChI is InChI=1S/C11H22N2O3/c1-11(2,15)8-13(3)10(14)12-16-9-6-4-5-7-9/h9,15H,4-8H2,1-3H3,(H,12,14). The van der Waals surface area contributed by atoms with E-state index in [-0.39, 0.29) is 18.7 Å². The Morgan fingerprint density at radius 3 is 2.56 bits per heavy atom. The number of amides is 2. The van der Waals surface area contributed by atoms with Crippen LogP contribution < -0.4 is 5.48 Å². The summed E-state index contributed by atoms with van der Waals surface area (Å²) in [5.74, 6) is 0. The molecule has 0 atom stereocenters. The maximum atomic E-state index is 11.6. The number of hydrogen-bond acceptors (Lipinski definition) is 3. The molecular weight excluding hydrogens is 208 g/mol. The van der Waals surface area contributed by atoms with Crippen LogP contribution in [0.25, 0.3) is 0 Å². The summed E-state index contributed by atoms with van der Waals surface area (Å²) in [7, 11) is 1.63. The summed E-state index contributed by atoms with van der Waals surface area (Å²) in [6.07, 6.45) is 4.50. The molecule has 2 N–H and O–H groups in total. The first-order valence-electron chi connectivity index (χ1n) is 5.77. The first-order chi connectivity index (χ1) is 7.38. The van der Waals surface area contributed by atoms with Crippen LogP contribution in [0, 0.1) is 0 Å². The minimum atomic E-state index is -0.889. The molecule has 0 aliphatic heterocycles. The van der Waals surface area contributed by atoms with E-state index in [1.807, 2.05) is 0 Å². The van der Waals surface area contributed by atoms with Gasteiger partial charge in [-0.15, -0.1) is 0 Å². The Kier molecular flexibility index (Phi) is 4.56. The SMILES string of the molecule is CN(CC(C)(C)O)C(=O)NOC1CCCC1. The highest BCUT2D eigenvalue weighted by atomic mass is 16.7. The Morgan fingerprint density at radius 1 is 1.50 bits per heavy atom. The number of hydroxylamine groups is 1. The fourth-order valence-corrected chi connectivity index (χ4v) is 1.87. The topological polar surface area (TPSA) is 61.8 Å². The molecule has 16 heavy (non-hydrogen) atoms. The van der Waals surface area contributed by atoms with Crippen LogP contribution in [0.4, 0.5) is 4.79 Å². The summed E-state index contributed by atoms with van der Waals surface area (Å²) in [6, 6.07) is -0.311. The Morgan fingerprint density at radius 2 is 2.06 bits per heavy atom. The molecule has 0 aromatic rings.